The summed E-state index contributed by atoms with van der Waals surface area (Å²) in [7, 11) is -0.971. The molecule has 0 unspecified atom stereocenters. The lowest BCUT2D eigenvalue weighted by Crippen LogP contribution is -2.35. The van der Waals surface area contributed by atoms with Crippen molar-refractivity contribution in [2.24, 2.45) is 0 Å². The molecule has 1 aromatic rings. The third kappa shape index (κ3) is 5.51. The van der Waals surface area contributed by atoms with Gasteiger partial charge in [-0.05, 0) is 45.4 Å². The van der Waals surface area contributed by atoms with Crippen LogP contribution in [0.4, 0.5) is 10.5 Å². The van der Waals surface area contributed by atoms with Gasteiger partial charge in [0.2, 0.25) is 0 Å². The van der Waals surface area contributed by atoms with Crippen molar-refractivity contribution < 1.29 is 9.00 Å². The predicted molar refractivity (Wildman–Crippen MR) is 86.0 cm³/mol. The molecule has 0 fully saturated rings. The molecule has 0 aliphatic rings. The van der Waals surface area contributed by atoms with Crippen LogP contribution in [-0.2, 0) is 10.8 Å². The van der Waals surface area contributed by atoms with Gasteiger partial charge in [0.05, 0.1) is 0 Å². The lowest BCUT2D eigenvalue weighted by atomic mass is 10.2. The smallest absolute Gasteiger partial charge is 0.319 e. The molecule has 112 valence electrons. The van der Waals surface area contributed by atoms with Gasteiger partial charge in [0.25, 0.3) is 0 Å². The number of benzene rings is 1. The van der Waals surface area contributed by atoms with E-state index in [1.807, 2.05) is 33.8 Å². The minimum absolute atomic E-state index is 0.261. The Morgan fingerprint density at radius 1 is 1.35 bits per heavy atom. The molecule has 0 aliphatic carbocycles. The summed E-state index contributed by atoms with van der Waals surface area (Å²) in [5, 5.41) is 5.98. The Balaban J connectivity index is 2.41. The first kappa shape index (κ1) is 17.0. The van der Waals surface area contributed by atoms with Crippen molar-refractivity contribution >= 4 is 34.1 Å². The third-order valence-electron chi connectivity index (χ3n) is 2.69. The number of rotatable bonds is 4. The van der Waals surface area contributed by atoms with Gasteiger partial charge in [-0.1, -0.05) is 17.7 Å². The molecule has 0 heterocycles. The Bertz CT molecular complexity index is 512. The van der Waals surface area contributed by atoms with Crippen LogP contribution < -0.4 is 10.6 Å². The van der Waals surface area contributed by atoms with E-state index in [1.54, 1.807) is 12.1 Å². The van der Waals surface area contributed by atoms with Crippen molar-refractivity contribution in [1.82, 2.24) is 5.32 Å². The van der Waals surface area contributed by atoms with Crippen LogP contribution in [0.5, 0.6) is 0 Å². The fourth-order valence-electron chi connectivity index (χ4n) is 1.41. The zero-order valence-electron chi connectivity index (χ0n) is 12.2. The summed E-state index contributed by atoms with van der Waals surface area (Å²) in [6.07, 6.45) is 0. The van der Waals surface area contributed by atoms with Gasteiger partial charge in [-0.25, -0.2) is 4.79 Å². The molecule has 20 heavy (non-hydrogen) atoms. The molecule has 0 saturated carbocycles. The minimum Gasteiger partial charge on any atom is -0.337 e. The third-order valence-corrected chi connectivity index (χ3v) is 5.03. The van der Waals surface area contributed by atoms with Gasteiger partial charge in [0.1, 0.15) is 0 Å². The highest BCUT2D eigenvalue weighted by Crippen LogP contribution is 2.19. The number of carbonyl (C=O) groups is 1. The molecule has 4 nitrogen and oxygen atoms in total. The average Bonchev–Trinajstić information content (AvgIpc) is 2.32. The fourth-order valence-corrected chi connectivity index (χ4v) is 2.49. The highest BCUT2D eigenvalue weighted by molar-refractivity contribution is 7.86. The second-order valence-corrected chi connectivity index (χ2v) is 8.24. The van der Waals surface area contributed by atoms with Gasteiger partial charge in [-0.3, -0.25) is 4.21 Å². The molecule has 6 heteroatoms. The molecule has 0 bridgehead atoms. The number of anilines is 1. The van der Waals surface area contributed by atoms with Crippen LogP contribution in [-0.4, -0.2) is 27.3 Å². The number of hydrogen-bond acceptors (Lipinski definition) is 2. The minimum atomic E-state index is -0.971. The standard InChI is InChI=1S/C14H21ClN2O2S/c1-10-5-6-11(9-12(10)15)17-13(18)16-7-8-20(19)14(2,3)4/h5-6,9H,7-8H2,1-4H3,(H2,16,17,18)/t20-/m0/s1. The van der Waals surface area contributed by atoms with Crippen molar-refractivity contribution in [3.05, 3.63) is 28.8 Å². The van der Waals surface area contributed by atoms with Crippen molar-refractivity contribution in [2.75, 3.05) is 17.6 Å². The van der Waals surface area contributed by atoms with Crippen LogP contribution in [0.1, 0.15) is 26.3 Å². The topological polar surface area (TPSA) is 58.2 Å². The first-order valence-electron chi connectivity index (χ1n) is 6.39. The molecule has 2 amide bonds. The molecule has 1 aromatic carbocycles. The number of hydrogen-bond donors (Lipinski definition) is 2. The second kappa shape index (κ2) is 7.09. The van der Waals surface area contributed by atoms with E-state index in [1.165, 1.54) is 0 Å². The van der Waals surface area contributed by atoms with E-state index in [0.717, 1.165) is 5.56 Å². The molecule has 0 saturated heterocycles. The number of amides is 2. The molecule has 0 aromatic heterocycles. The molecule has 1 atom stereocenters. The highest BCUT2D eigenvalue weighted by Gasteiger charge is 2.18. The van der Waals surface area contributed by atoms with Crippen molar-refractivity contribution in [2.45, 2.75) is 32.4 Å². The summed E-state index contributed by atoms with van der Waals surface area (Å²) in [5.74, 6) is 0.436. The summed E-state index contributed by atoms with van der Waals surface area (Å²) >= 11 is 5.98. The van der Waals surface area contributed by atoms with Crippen molar-refractivity contribution in [3.8, 4) is 0 Å². The van der Waals surface area contributed by atoms with E-state index >= 15 is 0 Å². The van der Waals surface area contributed by atoms with Gasteiger partial charge >= 0.3 is 6.03 Å². The van der Waals surface area contributed by atoms with Crippen molar-refractivity contribution in [1.29, 1.82) is 0 Å². The monoisotopic (exact) mass is 316 g/mol. The molecule has 0 radical (unpaired) electrons. The summed E-state index contributed by atoms with van der Waals surface area (Å²) in [5.41, 5.74) is 1.59. The molecular weight excluding hydrogens is 296 g/mol. The summed E-state index contributed by atoms with van der Waals surface area (Å²) in [4.78, 5) is 11.7. The SMILES string of the molecule is Cc1ccc(NC(=O)NCC[S@](=O)C(C)(C)C)cc1Cl. The maximum absolute atomic E-state index is 11.8. The van der Waals surface area contributed by atoms with E-state index in [0.29, 0.717) is 23.0 Å². The van der Waals surface area contributed by atoms with Crippen LogP contribution in [0.25, 0.3) is 0 Å². The normalized spacial score (nSPS) is 12.8. The number of halogens is 1. The van der Waals surface area contributed by atoms with E-state index in [2.05, 4.69) is 10.6 Å². The molecule has 1 rings (SSSR count). The zero-order valence-corrected chi connectivity index (χ0v) is 13.8. The van der Waals surface area contributed by atoms with Crippen LogP contribution >= 0.6 is 11.6 Å². The van der Waals surface area contributed by atoms with E-state index in [4.69, 9.17) is 11.6 Å². The Morgan fingerprint density at radius 3 is 2.55 bits per heavy atom. The van der Waals surface area contributed by atoms with Crippen LogP contribution in [0.2, 0.25) is 5.02 Å². The Kier molecular flexibility index (Phi) is 6.02. The maximum atomic E-state index is 11.8. The number of aryl methyl sites for hydroxylation is 1. The van der Waals surface area contributed by atoms with E-state index in [9.17, 15) is 9.00 Å². The fraction of sp³-hybridized carbons (Fsp3) is 0.500. The predicted octanol–water partition coefficient (Wildman–Crippen LogP) is 3.32. The zero-order chi connectivity index (χ0) is 15.3. The maximum Gasteiger partial charge on any atom is 0.319 e. The van der Waals surface area contributed by atoms with Gasteiger partial charge in [-0.15, -0.1) is 0 Å². The average molecular weight is 317 g/mol. The molecule has 0 aliphatic heterocycles. The quantitative estimate of drug-likeness (QED) is 0.895. The lowest BCUT2D eigenvalue weighted by molar-refractivity contribution is 0.252. The summed E-state index contributed by atoms with van der Waals surface area (Å²) < 4.78 is 11.5. The van der Waals surface area contributed by atoms with Gasteiger partial charge in [0, 0.05) is 38.6 Å². The Labute approximate surface area is 127 Å². The highest BCUT2D eigenvalue weighted by atomic mass is 35.5. The number of carbonyl (C=O) groups excluding carboxylic acids is 1. The van der Waals surface area contributed by atoms with Crippen LogP contribution in [0.15, 0.2) is 18.2 Å². The second-order valence-electron chi connectivity index (χ2n) is 5.51. The molecule has 0 spiro atoms. The largest absolute Gasteiger partial charge is 0.337 e. The summed E-state index contributed by atoms with van der Waals surface area (Å²) in [6, 6.07) is 5.00. The first-order chi connectivity index (χ1) is 9.20. The van der Waals surface area contributed by atoms with Crippen LogP contribution in [0.3, 0.4) is 0 Å². The van der Waals surface area contributed by atoms with Crippen molar-refractivity contribution in [3.63, 3.8) is 0 Å². The van der Waals surface area contributed by atoms with Gasteiger partial charge < -0.3 is 10.6 Å². The number of urea groups is 1. The van der Waals surface area contributed by atoms with E-state index in [-0.39, 0.29) is 10.8 Å². The van der Waals surface area contributed by atoms with Crippen LogP contribution in [0, 0.1) is 6.92 Å². The Hall–Kier alpha value is -1.07. The van der Waals surface area contributed by atoms with Gasteiger partial charge in [-0.2, -0.15) is 0 Å². The molecule has 2 N–H and O–H groups in total. The molecular formula is C14H21ClN2O2S. The van der Waals surface area contributed by atoms with E-state index < -0.39 is 10.8 Å². The summed E-state index contributed by atoms with van der Waals surface area (Å²) in [6.45, 7) is 8.01. The Morgan fingerprint density at radius 2 is 2.00 bits per heavy atom. The lowest BCUT2D eigenvalue weighted by Gasteiger charge is -2.17. The first-order valence-corrected chi connectivity index (χ1v) is 8.09. The van der Waals surface area contributed by atoms with Gasteiger partial charge in [0.15, 0.2) is 0 Å². The number of nitrogens with one attached hydrogen (secondary N) is 2.